The lowest BCUT2D eigenvalue weighted by atomic mass is 10.1. The number of nitrogens with zero attached hydrogens (tertiary/aromatic N) is 2. The molecular weight excluding hydrogens is 207 g/mol. The molecule has 4 nitrogen and oxygen atoms in total. The summed E-state index contributed by atoms with van der Waals surface area (Å²) >= 11 is 0. The minimum atomic E-state index is -2.51. The lowest BCUT2D eigenvalue weighted by Gasteiger charge is -2.11. The van der Waals surface area contributed by atoms with E-state index < -0.39 is 21.8 Å². The molecule has 0 aliphatic rings. The van der Waals surface area contributed by atoms with E-state index in [4.69, 9.17) is 0 Å². The molecule has 0 N–H and O–H groups in total. The van der Waals surface area contributed by atoms with Gasteiger partial charge < -0.3 is 0 Å². The molecule has 0 aliphatic heterocycles. The highest BCUT2D eigenvalue weighted by Crippen LogP contribution is 2.16. The summed E-state index contributed by atoms with van der Waals surface area (Å²) < 4.78 is 33.8. The Kier molecular flexibility index (Phi) is 3.51. The van der Waals surface area contributed by atoms with Crippen LogP contribution in [0.1, 0.15) is 25.6 Å². The summed E-state index contributed by atoms with van der Waals surface area (Å²) in [6.45, 7) is 3.27. The van der Waals surface area contributed by atoms with Crippen LogP contribution >= 0.6 is 0 Å². The fourth-order valence-corrected chi connectivity index (χ4v) is 1.45. The van der Waals surface area contributed by atoms with Crippen LogP contribution < -0.4 is 0 Å². The largest absolute Gasteiger partial charge is 0.238 e. The van der Waals surface area contributed by atoms with Crippen LogP contribution in [0.4, 0.5) is 4.39 Å². The Morgan fingerprint density at radius 3 is 2.21 bits per heavy atom. The second-order valence-corrected chi connectivity index (χ2v) is 4.46. The Bertz CT molecular complexity index is 369. The topological polar surface area (TPSA) is 59.9 Å². The molecule has 1 aromatic heterocycles. The molecule has 6 heteroatoms. The molecule has 0 unspecified atom stereocenters. The van der Waals surface area contributed by atoms with Gasteiger partial charge in [0, 0.05) is 5.92 Å². The summed E-state index contributed by atoms with van der Waals surface area (Å²) in [6, 6.07) is 0. The fourth-order valence-electron chi connectivity index (χ4n) is 0.956. The van der Waals surface area contributed by atoms with Crippen molar-refractivity contribution < 1.29 is 12.8 Å². The summed E-state index contributed by atoms with van der Waals surface area (Å²) in [5.74, 6) is -0.505. The Morgan fingerprint density at radius 1 is 1.29 bits per heavy atom. The smallest absolute Gasteiger partial charge is 0.159 e. The molecule has 0 aliphatic carbocycles. The zero-order valence-electron chi connectivity index (χ0n) is 7.85. The first kappa shape index (κ1) is 11.0. The molecule has 1 heterocycles. The van der Waals surface area contributed by atoms with Crippen molar-refractivity contribution >= 4 is 10.7 Å². The van der Waals surface area contributed by atoms with E-state index in [1.165, 1.54) is 0 Å². The summed E-state index contributed by atoms with van der Waals surface area (Å²) in [4.78, 5) is 7.46. The normalized spacial score (nSPS) is 15.4. The van der Waals surface area contributed by atoms with Crippen molar-refractivity contribution in [1.82, 2.24) is 9.97 Å². The number of thiol groups is 1. The zero-order chi connectivity index (χ0) is 10.7. The number of halogens is 1. The van der Waals surface area contributed by atoms with Crippen molar-refractivity contribution in [1.29, 1.82) is 0 Å². The molecule has 0 radical (unpaired) electrons. The lowest BCUT2D eigenvalue weighted by Crippen LogP contribution is -2.16. The summed E-state index contributed by atoms with van der Waals surface area (Å²) in [5.41, 5.74) is 0. The second-order valence-electron chi connectivity index (χ2n) is 3.07. The third-order valence-corrected chi connectivity index (χ3v) is 3.22. The van der Waals surface area contributed by atoms with E-state index in [2.05, 4.69) is 9.97 Å². The van der Waals surface area contributed by atoms with Crippen LogP contribution in [-0.2, 0) is 10.7 Å². The molecule has 0 bridgehead atoms. The Morgan fingerprint density at radius 2 is 1.79 bits per heavy atom. The Balaban J connectivity index is 2.89. The molecule has 0 saturated carbocycles. The van der Waals surface area contributed by atoms with Gasteiger partial charge in [-0.15, -0.1) is 0 Å². The molecular formula is C8H11FN2O2S. The van der Waals surface area contributed by atoms with E-state index in [0.29, 0.717) is 5.82 Å². The molecule has 78 valence electrons. The molecule has 14 heavy (non-hydrogen) atoms. The van der Waals surface area contributed by atoms with Crippen molar-refractivity contribution in [2.75, 3.05) is 0 Å². The first-order valence-electron chi connectivity index (χ1n) is 4.13. The van der Waals surface area contributed by atoms with Gasteiger partial charge in [-0.2, -0.15) is 0 Å². The van der Waals surface area contributed by atoms with Gasteiger partial charge in [0.1, 0.15) is 16.5 Å². The third kappa shape index (κ3) is 2.47. The Hall–Kier alpha value is -1.04. The van der Waals surface area contributed by atoms with Crippen LogP contribution in [0, 0.1) is 5.82 Å². The van der Waals surface area contributed by atoms with Gasteiger partial charge in [-0.25, -0.2) is 22.8 Å². The first-order chi connectivity index (χ1) is 6.52. The molecule has 0 saturated heterocycles. The summed E-state index contributed by atoms with van der Waals surface area (Å²) in [6.07, 6.45) is 2.06. The van der Waals surface area contributed by atoms with E-state index in [1.54, 1.807) is 13.8 Å². The number of hydrogen-bond donors (Lipinski definition) is 1. The van der Waals surface area contributed by atoms with Crippen LogP contribution in [-0.4, -0.2) is 23.6 Å². The zero-order valence-corrected chi connectivity index (χ0v) is 8.74. The average Bonchev–Trinajstić information content (AvgIpc) is 2.16. The molecule has 0 amide bonds. The van der Waals surface area contributed by atoms with Crippen LogP contribution in [0.2, 0.25) is 0 Å². The monoisotopic (exact) mass is 218 g/mol. The van der Waals surface area contributed by atoms with Gasteiger partial charge in [-0.05, 0) is 6.92 Å². The van der Waals surface area contributed by atoms with Crippen molar-refractivity contribution in [2.24, 2.45) is 0 Å². The van der Waals surface area contributed by atoms with Crippen molar-refractivity contribution in [3.63, 3.8) is 0 Å². The van der Waals surface area contributed by atoms with Gasteiger partial charge in [0.05, 0.1) is 17.6 Å². The molecule has 1 aromatic rings. The minimum Gasteiger partial charge on any atom is -0.238 e. The molecule has 0 fully saturated rings. The molecule has 2 atom stereocenters. The van der Waals surface area contributed by atoms with Crippen LogP contribution in [0.3, 0.4) is 0 Å². The Labute approximate surface area is 83.2 Å². The van der Waals surface area contributed by atoms with Gasteiger partial charge in [0.15, 0.2) is 5.82 Å². The van der Waals surface area contributed by atoms with E-state index in [0.717, 1.165) is 12.4 Å². The van der Waals surface area contributed by atoms with Crippen LogP contribution in [0.5, 0.6) is 0 Å². The highest BCUT2D eigenvalue weighted by molar-refractivity contribution is 7.73. The van der Waals surface area contributed by atoms with E-state index in [1.807, 2.05) is 0 Å². The maximum absolute atomic E-state index is 12.5. The maximum Gasteiger partial charge on any atom is 0.159 e. The van der Waals surface area contributed by atoms with E-state index in [9.17, 15) is 12.8 Å². The quantitative estimate of drug-likeness (QED) is 0.759. The van der Waals surface area contributed by atoms with Crippen molar-refractivity contribution in [2.45, 2.75) is 25.0 Å². The minimum absolute atomic E-state index is 0.322. The van der Waals surface area contributed by atoms with Gasteiger partial charge >= 0.3 is 0 Å². The predicted octanol–water partition coefficient (Wildman–Crippen LogP) is 0.719. The SMILES string of the molecule is C[C@H](c1ncc(F)cn1)[C@H](C)[SH](=O)=O. The van der Waals surface area contributed by atoms with Gasteiger partial charge in [0.2, 0.25) is 0 Å². The van der Waals surface area contributed by atoms with Crippen LogP contribution in [0.15, 0.2) is 12.4 Å². The average molecular weight is 218 g/mol. The number of aromatic nitrogens is 2. The molecule has 1 rings (SSSR count). The van der Waals surface area contributed by atoms with Crippen LogP contribution in [0.25, 0.3) is 0 Å². The second kappa shape index (κ2) is 4.45. The maximum atomic E-state index is 12.5. The van der Waals surface area contributed by atoms with E-state index >= 15 is 0 Å². The highest BCUT2D eigenvalue weighted by atomic mass is 32.2. The third-order valence-electron chi connectivity index (χ3n) is 2.10. The molecule has 0 spiro atoms. The van der Waals surface area contributed by atoms with Crippen molar-refractivity contribution in [3.8, 4) is 0 Å². The fraction of sp³-hybridized carbons (Fsp3) is 0.500. The summed E-state index contributed by atoms with van der Waals surface area (Å²) in [5, 5.41) is -0.546. The first-order valence-corrected chi connectivity index (χ1v) is 5.38. The summed E-state index contributed by atoms with van der Waals surface area (Å²) in [7, 11) is -2.51. The van der Waals surface area contributed by atoms with Gasteiger partial charge in [-0.3, -0.25) is 0 Å². The van der Waals surface area contributed by atoms with Gasteiger partial charge in [0.25, 0.3) is 0 Å². The number of hydrogen-bond acceptors (Lipinski definition) is 4. The van der Waals surface area contributed by atoms with Crippen molar-refractivity contribution in [3.05, 3.63) is 24.0 Å². The lowest BCUT2D eigenvalue weighted by molar-refractivity contribution is 0.574. The van der Waals surface area contributed by atoms with E-state index in [-0.39, 0.29) is 5.92 Å². The van der Waals surface area contributed by atoms with Gasteiger partial charge in [-0.1, -0.05) is 6.92 Å². The standard InChI is InChI=1S/C8H11FN2O2S/c1-5(6(2)14(12)13)8-10-3-7(9)4-11-8/h3-6,14H,1-2H3/t5-,6-/m0/s1. The number of rotatable bonds is 3. The molecule has 0 aromatic carbocycles. The predicted molar refractivity (Wildman–Crippen MR) is 50.2 cm³/mol. The highest BCUT2D eigenvalue weighted by Gasteiger charge is 2.19.